The molecule has 4 nitrogen and oxygen atoms in total. The summed E-state index contributed by atoms with van der Waals surface area (Å²) in [7, 11) is 1.85. The van der Waals surface area contributed by atoms with Gasteiger partial charge in [-0.2, -0.15) is 0 Å². The van der Waals surface area contributed by atoms with Gasteiger partial charge in [0.15, 0.2) is 0 Å². The van der Waals surface area contributed by atoms with Crippen molar-refractivity contribution in [3.8, 4) is 0 Å². The van der Waals surface area contributed by atoms with Crippen LogP contribution in [0.3, 0.4) is 0 Å². The minimum Gasteiger partial charge on any atom is -0.372 e. The topological polar surface area (TPSA) is 35.6 Å². The molecule has 1 amide bonds. The van der Waals surface area contributed by atoms with E-state index in [4.69, 9.17) is 0 Å². The predicted octanol–water partition coefficient (Wildman–Crippen LogP) is 2.00. The van der Waals surface area contributed by atoms with E-state index in [1.165, 1.54) is 24.9 Å². The van der Waals surface area contributed by atoms with Crippen LogP contribution < -0.4 is 15.1 Å². The summed E-state index contributed by atoms with van der Waals surface area (Å²) in [5.74, 6) is 0.193. The van der Waals surface area contributed by atoms with Crippen LogP contribution in [0.15, 0.2) is 24.3 Å². The molecule has 1 aromatic carbocycles. The van der Waals surface area contributed by atoms with Gasteiger partial charge in [0.2, 0.25) is 5.91 Å². The Morgan fingerprint density at radius 1 is 1.00 bits per heavy atom. The normalized spacial score (nSPS) is 23.4. The SMILES string of the molecule is CNC1CCN(c2ccc(N3CCCCC3)cc2)C1=O. The van der Waals surface area contributed by atoms with Gasteiger partial charge in [0.25, 0.3) is 0 Å². The molecular formula is C16H23N3O. The van der Waals surface area contributed by atoms with Gasteiger partial charge in [0.1, 0.15) is 0 Å². The van der Waals surface area contributed by atoms with Crippen LogP contribution in [0.25, 0.3) is 0 Å². The van der Waals surface area contributed by atoms with Crippen molar-refractivity contribution in [1.82, 2.24) is 5.32 Å². The molecule has 0 radical (unpaired) electrons. The number of carbonyl (C=O) groups is 1. The molecule has 1 N–H and O–H groups in total. The molecule has 0 aromatic heterocycles. The highest BCUT2D eigenvalue weighted by atomic mass is 16.2. The number of nitrogens with zero attached hydrogens (tertiary/aromatic N) is 2. The van der Waals surface area contributed by atoms with E-state index >= 15 is 0 Å². The Morgan fingerprint density at radius 3 is 2.25 bits per heavy atom. The van der Waals surface area contributed by atoms with E-state index in [1.807, 2.05) is 11.9 Å². The Balaban J connectivity index is 1.71. The molecule has 2 saturated heterocycles. The molecule has 0 bridgehead atoms. The number of rotatable bonds is 3. The maximum absolute atomic E-state index is 12.2. The number of piperidine rings is 1. The van der Waals surface area contributed by atoms with E-state index in [1.54, 1.807) is 0 Å². The number of amides is 1. The van der Waals surface area contributed by atoms with Crippen molar-refractivity contribution in [2.75, 3.05) is 36.5 Å². The maximum atomic E-state index is 12.2. The van der Waals surface area contributed by atoms with Gasteiger partial charge >= 0.3 is 0 Å². The fourth-order valence-electron chi connectivity index (χ4n) is 3.20. The Morgan fingerprint density at radius 2 is 1.65 bits per heavy atom. The molecular weight excluding hydrogens is 250 g/mol. The van der Waals surface area contributed by atoms with E-state index in [0.29, 0.717) is 0 Å². The molecule has 0 spiro atoms. The van der Waals surface area contributed by atoms with Crippen LogP contribution >= 0.6 is 0 Å². The van der Waals surface area contributed by atoms with Gasteiger partial charge in [-0.1, -0.05) is 0 Å². The zero-order chi connectivity index (χ0) is 13.9. The largest absolute Gasteiger partial charge is 0.372 e. The van der Waals surface area contributed by atoms with Crippen molar-refractivity contribution in [2.24, 2.45) is 0 Å². The van der Waals surface area contributed by atoms with Crippen LogP contribution in [-0.2, 0) is 4.79 Å². The maximum Gasteiger partial charge on any atom is 0.244 e. The summed E-state index contributed by atoms with van der Waals surface area (Å²) >= 11 is 0. The molecule has 2 heterocycles. The number of anilines is 2. The molecule has 0 saturated carbocycles. The standard InChI is InChI=1S/C16H23N3O/c1-17-15-9-12-19(16(15)20)14-7-5-13(6-8-14)18-10-3-2-4-11-18/h5-8,15,17H,2-4,9-12H2,1H3. The minimum absolute atomic E-state index is 0.0169. The highest BCUT2D eigenvalue weighted by molar-refractivity contribution is 5.99. The first-order valence-corrected chi connectivity index (χ1v) is 7.63. The van der Waals surface area contributed by atoms with Crippen molar-refractivity contribution >= 4 is 17.3 Å². The first kappa shape index (κ1) is 13.4. The molecule has 1 aromatic rings. The van der Waals surface area contributed by atoms with Gasteiger partial charge < -0.3 is 15.1 Å². The van der Waals surface area contributed by atoms with Crippen LogP contribution in [0.1, 0.15) is 25.7 Å². The zero-order valence-electron chi connectivity index (χ0n) is 12.1. The molecule has 108 valence electrons. The van der Waals surface area contributed by atoms with Crippen molar-refractivity contribution < 1.29 is 4.79 Å². The molecule has 20 heavy (non-hydrogen) atoms. The summed E-state index contributed by atoms with van der Waals surface area (Å²) in [5, 5.41) is 3.08. The van der Waals surface area contributed by atoms with E-state index in [9.17, 15) is 4.79 Å². The van der Waals surface area contributed by atoms with Crippen LogP contribution in [0.4, 0.5) is 11.4 Å². The number of benzene rings is 1. The van der Waals surface area contributed by atoms with Crippen LogP contribution in [0.2, 0.25) is 0 Å². The number of carbonyl (C=O) groups excluding carboxylic acids is 1. The van der Waals surface area contributed by atoms with Crippen molar-refractivity contribution in [3.63, 3.8) is 0 Å². The molecule has 4 heteroatoms. The lowest BCUT2D eigenvalue weighted by Crippen LogP contribution is -2.36. The Hall–Kier alpha value is -1.55. The second-order valence-corrected chi connectivity index (χ2v) is 5.68. The first-order valence-electron chi connectivity index (χ1n) is 7.63. The summed E-state index contributed by atoms with van der Waals surface area (Å²) in [4.78, 5) is 16.5. The van der Waals surface area contributed by atoms with Crippen molar-refractivity contribution in [2.45, 2.75) is 31.7 Å². The number of likely N-dealkylation sites (N-methyl/N-ethyl adjacent to an activating group) is 1. The smallest absolute Gasteiger partial charge is 0.244 e. The summed E-state index contributed by atoms with van der Waals surface area (Å²) < 4.78 is 0. The van der Waals surface area contributed by atoms with E-state index in [2.05, 4.69) is 34.5 Å². The third-order valence-corrected chi connectivity index (χ3v) is 4.44. The lowest BCUT2D eigenvalue weighted by molar-refractivity contribution is -0.118. The molecule has 1 atom stereocenters. The Labute approximate surface area is 120 Å². The van der Waals surface area contributed by atoms with E-state index in [0.717, 1.165) is 31.7 Å². The zero-order valence-corrected chi connectivity index (χ0v) is 12.1. The molecule has 2 fully saturated rings. The quantitative estimate of drug-likeness (QED) is 0.915. The summed E-state index contributed by atoms with van der Waals surface area (Å²) in [6.45, 7) is 3.13. The van der Waals surface area contributed by atoms with Gasteiger partial charge in [-0.05, 0) is 57.0 Å². The number of hydrogen-bond donors (Lipinski definition) is 1. The Kier molecular flexibility index (Phi) is 3.92. The van der Waals surface area contributed by atoms with Gasteiger partial charge in [-0.15, -0.1) is 0 Å². The molecule has 2 aliphatic heterocycles. The van der Waals surface area contributed by atoms with E-state index < -0.39 is 0 Å². The molecule has 1 unspecified atom stereocenters. The second kappa shape index (κ2) is 5.83. The van der Waals surface area contributed by atoms with Gasteiger partial charge in [0.05, 0.1) is 6.04 Å². The molecule has 2 aliphatic rings. The fourth-order valence-corrected chi connectivity index (χ4v) is 3.20. The molecule has 0 aliphatic carbocycles. The van der Waals surface area contributed by atoms with Crippen molar-refractivity contribution in [1.29, 1.82) is 0 Å². The van der Waals surface area contributed by atoms with Gasteiger partial charge in [0, 0.05) is 31.0 Å². The predicted molar refractivity (Wildman–Crippen MR) is 82.3 cm³/mol. The second-order valence-electron chi connectivity index (χ2n) is 5.68. The third kappa shape index (κ3) is 2.52. The lowest BCUT2D eigenvalue weighted by atomic mass is 10.1. The lowest BCUT2D eigenvalue weighted by Gasteiger charge is -2.29. The first-order chi connectivity index (χ1) is 9.79. The summed E-state index contributed by atoms with van der Waals surface area (Å²) in [5.41, 5.74) is 2.30. The fraction of sp³-hybridized carbons (Fsp3) is 0.562. The van der Waals surface area contributed by atoms with Crippen molar-refractivity contribution in [3.05, 3.63) is 24.3 Å². The average Bonchev–Trinajstić information content (AvgIpc) is 2.89. The van der Waals surface area contributed by atoms with E-state index in [-0.39, 0.29) is 11.9 Å². The van der Waals surface area contributed by atoms with Crippen LogP contribution in [-0.4, -0.2) is 38.6 Å². The van der Waals surface area contributed by atoms with Gasteiger partial charge in [-0.3, -0.25) is 4.79 Å². The minimum atomic E-state index is -0.0169. The van der Waals surface area contributed by atoms with Crippen LogP contribution in [0, 0.1) is 0 Å². The highest BCUT2D eigenvalue weighted by Crippen LogP contribution is 2.26. The number of nitrogens with one attached hydrogen (secondary N) is 1. The summed E-state index contributed by atoms with van der Waals surface area (Å²) in [6.07, 6.45) is 4.82. The average molecular weight is 273 g/mol. The Bertz CT molecular complexity index is 465. The monoisotopic (exact) mass is 273 g/mol. The highest BCUT2D eigenvalue weighted by Gasteiger charge is 2.31. The number of hydrogen-bond acceptors (Lipinski definition) is 3. The van der Waals surface area contributed by atoms with Gasteiger partial charge in [-0.25, -0.2) is 0 Å². The third-order valence-electron chi connectivity index (χ3n) is 4.44. The van der Waals surface area contributed by atoms with Crippen LogP contribution in [0.5, 0.6) is 0 Å². The summed E-state index contributed by atoms with van der Waals surface area (Å²) in [6, 6.07) is 8.46. The molecule has 3 rings (SSSR count).